The lowest BCUT2D eigenvalue weighted by Crippen LogP contribution is -2.23. The molecule has 1 saturated carbocycles. The van der Waals surface area contributed by atoms with Gasteiger partial charge in [-0.3, -0.25) is 4.98 Å². The van der Waals surface area contributed by atoms with Crippen molar-refractivity contribution in [3.05, 3.63) is 81.9 Å². The van der Waals surface area contributed by atoms with Gasteiger partial charge in [-0.15, -0.1) is 0 Å². The van der Waals surface area contributed by atoms with Crippen LogP contribution in [0.3, 0.4) is 0 Å². The Balaban J connectivity index is 1.85. The summed E-state index contributed by atoms with van der Waals surface area (Å²) in [6, 6.07) is 4.26. The van der Waals surface area contributed by atoms with Crippen LogP contribution in [0.2, 0.25) is 0 Å². The standard InChI is InChI=1S/C31H28F10N2O2/c1-14(2)20-10-22(25(44-3)12-24(20)32)23-13-43-26(31(39,40)41)11-21(23)18-5-6-19(27(18)42)28(45-4)15-7-16(29(33,34)35)9-17(8-15)30(36,37)38/h7-14,18-19,28,42H,5-6H2,1-4H3/t18-,19+,28+/m0/s1. The van der Waals surface area contributed by atoms with E-state index in [4.69, 9.17) is 14.9 Å². The van der Waals surface area contributed by atoms with Crippen molar-refractivity contribution in [3.8, 4) is 16.9 Å². The fourth-order valence-electron chi connectivity index (χ4n) is 5.76. The SMILES string of the molecule is COc1cc(F)c(C(C)C)cc1-c1cnc(C(F)(F)F)cc1[C@@H]1CC[C@@H]([C@H](OC)c2cc(C(F)(F)F)cc(C(F)(F)F)c2)C1=N. The summed E-state index contributed by atoms with van der Waals surface area (Å²) >= 11 is 0. The smallest absolute Gasteiger partial charge is 0.433 e. The number of pyridine rings is 1. The van der Waals surface area contributed by atoms with Crippen LogP contribution < -0.4 is 4.74 Å². The molecule has 0 saturated heterocycles. The van der Waals surface area contributed by atoms with Gasteiger partial charge in [-0.05, 0) is 65.8 Å². The van der Waals surface area contributed by atoms with Gasteiger partial charge >= 0.3 is 18.5 Å². The van der Waals surface area contributed by atoms with Crippen LogP contribution in [-0.2, 0) is 23.3 Å². The summed E-state index contributed by atoms with van der Waals surface area (Å²) in [5.74, 6) is -3.09. The van der Waals surface area contributed by atoms with E-state index in [1.54, 1.807) is 13.8 Å². The van der Waals surface area contributed by atoms with E-state index >= 15 is 0 Å². The highest BCUT2D eigenvalue weighted by molar-refractivity contribution is 5.95. The van der Waals surface area contributed by atoms with Gasteiger partial charge in [0.1, 0.15) is 17.3 Å². The average Bonchev–Trinajstić information content (AvgIpc) is 3.31. The van der Waals surface area contributed by atoms with E-state index in [2.05, 4.69) is 4.98 Å². The van der Waals surface area contributed by atoms with Crippen molar-refractivity contribution in [2.75, 3.05) is 14.2 Å². The normalized spacial score (nSPS) is 18.5. The molecule has 3 aromatic rings. The van der Waals surface area contributed by atoms with Gasteiger partial charge in [0.2, 0.25) is 0 Å². The van der Waals surface area contributed by atoms with Crippen LogP contribution in [-0.4, -0.2) is 24.9 Å². The second-order valence-corrected chi connectivity index (χ2v) is 11.1. The number of halogens is 10. The summed E-state index contributed by atoms with van der Waals surface area (Å²) in [5.41, 5.74) is -4.63. The van der Waals surface area contributed by atoms with Crippen molar-refractivity contribution in [3.63, 3.8) is 0 Å². The molecule has 2 aromatic carbocycles. The molecule has 14 heteroatoms. The van der Waals surface area contributed by atoms with E-state index in [0.717, 1.165) is 25.4 Å². The first-order valence-corrected chi connectivity index (χ1v) is 13.6. The zero-order valence-electron chi connectivity index (χ0n) is 24.3. The van der Waals surface area contributed by atoms with Crippen molar-refractivity contribution in [1.29, 1.82) is 5.41 Å². The van der Waals surface area contributed by atoms with Crippen LogP contribution in [0.4, 0.5) is 43.9 Å². The van der Waals surface area contributed by atoms with Gasteiger partial charge in [0.15, 0.2) is 0 Å². The van der Waals surface area contributed by atoms with Crippen LogP contribution in [0.15, 0.2) is 42.6 Å². The molecule has 4 nitrogen and oxygen atoms in total. The van der Waals surface area contributed by atoms with E-state index in [1.165, 1.54) is 13.2 Å². The van der Waals surface area contributed by atoms with Crippen molar-refractivity contribution in [1.82, 2.24) is 4.98 Å². The fourth-order valence-corrected chi connectivity index (χ4v) is 5.76. The Hall–Kier alpha value is -3.68. The van der Waals surface area contributed by atoms with Gasteiger partial charge in [0.25, 0.3) is 0 Å². The minimum absolute atomic E-state index is 0.000510. The van der Waals surface area contributed by atoms with E-state index in [0.29, 0.717) is 12.1 Å². The molecule has 45 heavy (non-hydrogen) atoms. The lowest BCUT2D eigenvalue weighted by Gasteiger charge is -2.26. The van der Waals surface area contributed by atoms with Crippen molar-refractivity contribution < 1.29 is 53.4 Å². The van der Waals surface area contributed by atoms with E-state index in [1.807, 2.05) is 0 Å². The third kappa shape index (κ3) is 6.95. The fraction of sp³-hybridized carbons (Fsp3) is 0.419. The topological polar surface area (TPSA) is 55.2 Å². The molecule has 0 unspecified atom stereocenters. The molecule has 0 bridgehead atoms. The molecule has 0 radical (unpaired) electrons. The first-order chi connectivity index (χ1) is 20.8. The summed E-state index contributed by atoms with van der Waals surface area (Å²) in [4.78, 5) is 3.56. The molecule has 244 valence electrons. The lowest BCUT2D eigenvalue weighted by molar-refractivity contribution is -0.143. The molecular formula is C31H28F10N2O2. The van der Waals surface area contributed by atoms with Crippen molar-refractivity contribution in [2.45, 2.75) is 63.2 Å². The lowest BCUT2D eigenvalue weighted by atomic mass is 9.85. The summed E-state index contributed by atoms with van der Waals surface area (Å²) in [6.45, 7) is 3.42. The maximum Gasteiger partial charge on any atom is 0.433 e. The summed E-state index contributed by atoms with van der Waals surface area (Å²) < 4.78 is 148. The Bertz CT molecular complexity index is 1550. The van der Waals surface area contributed by atoms with Crippen molar-refractivity contribution in [2.24, 2.45) is 5.92 Å². The molecule has 0 aliphatic heterocycles. The number of aromatic nitrogens is 1. The van der Waals surface area contributed by atoms with Gasteiger partial charge < -0.3 is 14.9 Å². The van der Waals surface area contributed by atoms with Crippen molar-refractivity contribution >= 4 is 5.71 Å². The molecule has 0 spiro atoms. The van der Waals surface area contributed by atoms with Crippen LogP contribution in [0.5, 0.6) is 5.75 Å². The monoisotopic (exact) mass is 650 g/mol. The Morgan fingerprint density at radius 1 is 0.800 bits per heavy atom. The van der Waals surface area contributed by atoms with Gasteiger partial charge in [0, 0.05) is 48.0 Å². The number of hydrogen-bond acceptors (Lipinski definition) is 4. The largest absolute Gasteiger partial charge is 0.496 e. The Morgan fingerprint density at radius 3 is 1.89 bits per heavy atom. The predicted octanol–water partition coefficient (Wildman–Crippen LogP) is 9.98. The second-order valence-electron chi connectivity index (χ2n) is 11.1. The zero-order chi connectivity index (χ0) is 33.6. The zero-order valence-corrected chi connectivity index (χ0v) is 24.3. The molecule has 1 heterocycles. The van der Waals surface area contributed by atoms with Gasteiger partial charge in [0.05, 0.1) is 24.3 Å². The second kappa shape index (κ2) is 12.3. The number of methoxy groups -OCH3 is 2. The quantitative estimate of drug-likeness (QED) is 0.259. The summed E-state index contributed by atoms with van der Waals surface area (Å²) in [5, 5.41) is 8.95. The third-order valence-electron chi connectivity index (χ3n) is 7.93. The predicted molar refractivity (Wildman–Crippen MR) is 145 cm³/mol. The van der Waals surface area contributed by atoms with E-state index in [9.17, 15) is 43.9 Å². The van der Waals surface area contributed by atoms with E-state index < -0.39 is 64.7 Å². The van der Waals surface area contributed by atoms with Crippen LogP contribution in [0, 0.1) is 17.1 Å². The van der Waals surface area contributed by atoms with Gasteiger partial charge in [-0.1, -0.05) is 13.8 Å². The first kappa shape index (κ1) is 34.2. The van der Waals surface area contributed by atoms with Crippen LogP contribution >= 0.6 is 0 Å². The van der Waals surface area contributed by atoms with Crippen LogP contribution in [0.25, 0.3) is 11.1 Å². The molecule has 4 rings (SSSR count). The number of ether oxygens (including phenoxy) is 2. The van der Waals surface area contributed by atoms with Gasteiger partial charge in [-0.25, -0.2) is 4.39 Å². The maximum absolute atomic E-state index is 14.8. The highest BCUT2D eigenvalue weighted by Gasteiger charge is 2.43. The molecule has 1 aliphatic carbocycles. The van der Waals surface area contributed by atoms with Crippen LogP contribution in [0.1, 0.15) is 78.1 Å². The first-order valence-electron chi connectivity index (χ1n) is 13.6. The highest BCUT2D eigenvalue weighted by Crippen LogP contribution is 2.48. The molecular weight excluding hydrogens is 622 g/mol. The number of nitrogens with one attached hydrogen (secondary N) is 1. The minimum atomic E-state index is -5.12. The Morgan fingerprint density at radius 2 is 1.40 bits per heavy atom. The Kier molecular flexibility index (Phi) is 9.31. The highest BCUT2D eigenvalue weighted by atomic mass is 19.4. The third-order valence-corrected chi connectivity index (χ3v) is 7.93. The molecule has 3 atom stereocenters. The molecule has 1 aromatic heterocycles. The van der Waals surface area contributed by atoms with Gasteiger partial charge in [-0.2, -0.15) is 39.5 Å². The number of nitrogens with zero attached hydrogens (tertiary/aromatic N) is 1. The Labute approximate surface area is 251 Å². The molecule has 0 amide bonds. The minimum Gasteiger partial charge on any atom is -0.496 e. The van der Waals surface area contributed by atoms with E-state index in [-0.39, 0.29) is 58.5 Å². The number of benzene rings is 2. The average molecular weight is 651 g/mol. The molecule has 1 aliphatic rings. The number of hydrogen-bond donors (Lipinski definition) is 1. The number of rotatable bonds is 7. The maximum atomic E-state index is 14.8. The number of alkyl halides is 9. The summed E-state index contributed by atoms with van der Waals surface area (Å²) in [7, 11) is 2.31. The summed E-state index contributed by atoms with van der Waals surface area (Å²) in [6.07, 6.45) is -15.6. The molecule has 1 N–H and O–H groups in total. The molecule has 1 fully saturated rings.